The predicted octanol–water partition coefficient (Wildman–Crippen LogP) is 3.41. The van der Waals surface area contributed by atoms with Crippen LogP contribution in [0.3, 0.4) is 0 Å². The van der Waals surface area contributed by atoms with Crippen LogP contribution in [-0.4, -0.2) is 10.9 Å². The Kier molecular flexibility index (Phi) is 4.67. The molecular weight excluding hydrogens is 212 g/mol. The molecule has 1 rings (SSSR count). The van der Waals surface area contributed by atoms with E-state index in [9.17, 15) is 4.79 Å². The van der Waals surface area contributed by atoms with E-state index in [0.29, 0.717) is 5.82 Å². The molecule has 0 aliphatic rings. The fraction of sp³-hybridized carbons (Fsp3) is 0.571. The molecule has 0 unspecified atom stereocenters. The molecule has 0 atom stereocenters. The lowest BCUT2D eigenvalue weighted by Gasteiger charge is -2.17. The smallest absolute Gasteiger partial charge is 0.230 e. The number of nitrogens with one attached hydrogen (secondary N) is 1. The maximum absolute atomic E-state index is 11.7. The Labute approximate surface area is 104 Å². The summed E-state index contributed by atoms with van der Waals surface area (Å²) >= 11 is 0. The molecule has 94 valence electrons. The summed E-state index contributed by atoms with van der Waals surface area (Å²) in [5.74, 6) is 0.622. The van der Waals surface area contributed by atoms with Crippen molar-refractivity contribution in [2.75, 3.05) is 5.32 Å². The van der Waals surface area contributed by atoms with Crippen LogP contribution in [0.5, 0.6) is 0 Å². The second-order valence-corrected chi connectivity index (χ2v) is 5.36. The molecular formula is C14H22N2O. The highest BCUT2D eigenvalue weighted by molar-refractivity contribution is 5.93. The van der Waals surface area contributed by atoms with Crippen molar-refractivity contribution in [3.63, 3.8) is 0 Å². The van der Waals surface area contributed by atoms with E-state index >= 15 is 0 Å². The number of rotatable bonds is 4. The van der Waals surface area contributed by atoms with Gasteiger partial charge in [0.05, 0.1) is 0 Å². The second-order valence-electron chi connectivity index (χ2n) is 5.36. The first-order valence-corrected chi connectivity index (χ1v) is 6.20. The van der Waals surface area contributed by atoms with Crippen molar-refractivity contribution in [2.45, 2.75) is 47.0 Å². The van der Waals surface area contributed by atoms with Gasteiger partial charge in [-0.15, -0.1) is 0 Å². The molecule has 1 heterocycles. The molecule has 0 saturated carbocycles. The number of nitrogens with zero attached hydrogens (tertiary/aromatic N) is 1. The van der Waals surface area contributed by atoms with E-state index in [0.717, 1.165) is 6.42 Å². The van der Waals surface area contributed by atoms with Crippen LogP contribution in [0.1, 0.15) is 46.1 Å². The standard InChI is InChI=1S/C14H22N2O/c1-5-6-7-11-8-9-12(15-10-11)16-13(17)14(2,3)4/h8-10H,5-7H2,1-4H3,(H,15,16,17). The molecule has 0 fully saturated rings. The molecule has 0 aliphatic carbocycles. The number of aromatic nitrogens is 1. The average Bonchev–Trinajstić information content (AvgIpc) is 2.27. The number of hydrogen-bond donors (Lipinski definition) is 1. The Morgan fingerprint density at radius 2 is 2.06 bits per heavy atom. The first-order valence-electron chi connectivity index (χ1n) is 6.20. The van der Waals surface area contributed by atoms with Gasteiger partial charge in [0.25, 0.3) is 0 Å². The van der Waals surface area contributed by atoms with Crippen molar-refractivity contribution in [1.82, 2.24) is 4.98 Å². The summed E-state index contributed by atoms with van der Waals surface area (Å²) in [4.78, 5) is 16.0. The predicted molar refractivity (Wildman–Crippen MR) is 70.9 cm³/mol. The summed E-state index contributed by atoms with van der Waals surface area (Å²) in [5.41, 5.74) is 0.836. The zero-order valence-corrected chi connectivity index (χ0v) is 11.2. The molecule has 0 radical (unpaired) electrons. The van der Waals surface area contributed by atoms with Gasteiger partial charge in [-0.3, -0.25) is 4.79 Å². The van der Waals surface area contributed by atoms with Crippen LogP contribution in [0.15, 0.2) is 18.3 Å². The van der Waals surface area contributed by atoms with Crippen LogP contribution < -0.4 is 5.32 Å². The van der Waals surface area contributed by atoms with Gasteiger partial charge in [0.2, 0.25) is 5.91 Å². The minimum Gasteiger partial charge on any atom is -0.310 e. The third-order valence-electron chi connectivity index (χ3n) is 2.57. The Bertz CT molecular complexity index is 363. The Balaban J connectivity index is 2.59. The van der Waals surface area contributed by atoms with Gasteiger partial charge in [-0.25, -0.2) is 4.98 Å². The van der Waals surface area contributed by atoms with Crippen molar-refractivity contribution < 1.29 is 4.79 Å². The topological polar surface area (TPSA) is 42.0 Å². The van der Waals surface area contributed by atoms with Crippen LogP contribution >= 0.6 is 0 Å². The number of pyridine rings is 1. The molecule has 0 bridgehead atoms. The first kappa shape index (κ1) is 13.7. The van der Waals surface area contributed by atoms with Crippen molar-refractivity contribution in [2.24, 2.45) is 5.41 Å². The van der Waals surface area contributed by atoms with Gasteiger partial charge in [0.1, 0.15) is 5.82 Å². The van der Waals surface area contributed by atoms with Crippen LogP contribution in [0.2, 0.25) is 0 Å². The third kappa shape index (κ3) is 4.55. The Morgan fingerprint density at radius 1 is 1.35 bits per heavy atom. The Hall–Kier alpha value is -1.38. The monoisotopic (exact) mass is 234 g/mol. The normalized spacial score (nSPS) is 11.3. The van der Waals surface area contributed by atoms with Crippen molar-refractivity contribution in [3.8, 4) is 0 Å². The maximum Gasteiger partial charge on any atom is 0.230 e. The number of carbonyl (C=O) groups excluding carboxylic acids is 1. The number of amides is 1. The molecule has 3 heteroatoms. The molecule has 1 aromatic heterocycles. The maximum atomic E-state index is 11.7. The third-order valence-corrected chi connectivity index (χ3v) is 2.57. The molecule has 1 N–H and O–H groups in total. The fourth-order valence-electron chi connectivity index (χ4n) is 1.33. The molecule has 1 amide bonds. The minimum atomic E-state index is -0.386. The Morgan fingerprint density at radius 3 is 2.53 bits per heavy atom. The van der Waals surface area contributed by atoms with Gasteiger partial charge >= 0.3 is 0 Å². The second kappa shape index (κ2) is 5.80. The van der Waals surface area contributed by atoms with Crippen molar-refractivity contribution in [3.05, 3.63) is 23.9 Å². The number of carbonyl (C=O) groups is 1. The number of hydrogen-bond acceptors (Lipinski definition) is 2. The average molecular weight is 234 g/mol. The molecule has 0 saturated heterocycles. The zero-order valence-electron chi connectivity index (χ0n) is 11.2. The van der Waals surface area contributed by atoms with Crippen LogP contribution in [-0.2, 0) is 11.2 Å². The number of aryl methyl sites for hydroxylation is 1. The van der Waals surface area contributed by atoms with E-state index < -0.39 is 0 Å². The molecule has 17 heavy (non-hydrogen) atoms. The highest BCUT2D eigenvalue weighted by atomic mass is 16.2. The summed E-state index contributed by atoms with van der Waals surface area (Å²) in [6.07, 6.45) is 5.25. The van der Waals surface area contributed by atoms with E-state index in [1.54, 1.807) is 0 Å². The molecule has 3 nitrogen and oxygen atoms in total. The lowest BCUT2D eigenvalue weighted by Crippen LogP contribution is -2.27. The summed E-state index contributed by atoms with van der Waals surface area (Å²) in [6.45, 7) is 7.83. The van der Waals surface area contributed by atoms with Crippen molar-refractivity contribution in [1.29, 1.82) is 0 Å². The van der Waals surface area contributed by atoms with Crippen LogP contribution in [0.4, 0.5) is 5.82 Å². The van der Waals surface area contributed by atoms with E-state index in [4.69, 9.17) is 0 Å². The van der Waals surface area contributed by atoms with Gasteiger partial charge in [0.15, 0.2) is 0 Å². The summed E-state index contributed by atoms with van der Waals surface area (Å²) < 4.78 is 0. The van der Waals surface area contributed by atoms with E-state index in [2.05, 4.69) is 17.2 Å². The fourth-order valence-corrected chi connectivity index (χ4v) is 1.33. The quantitative estimate of drug-likeness (QED) is 0.867. The molecule has 0 spiro atoms. The van der Waals surface area contributed by atoms with Gasteiger partial charge in [-0.1, -0.05) is 40.2 Å². The number of anilines is 1. The van der Waals surface area contributed by atoms with E-state index in [1.807, 2.05) is 39.1 Å². The SMILES string of the molecule is CCCCc1ccc(NC(=O)C(C)(C)C)nc1. The van der Waals surface area contributed by atoms with Gasteiger partial charge in [-0.05, 0) is 24.5 Å². The lowest BCUT2D eigenvalue weighted by atomic mass is 9.96. The summed E-state index contributed by atoms with van der Waals surface area (Å²) in [7, 11) is 0. The largest absolute Gasteiger partial charge is 0.310 e. The van der Waals surface area contributed by atoms with E-state index in [1.165, 1.54) is 18.4 Å². The zero-order chi connectivity index (χ0) is 12.9. The summed E-state index contributed by atoms with van der Waals surface area (Å²) in [5, 5.41) is 2.82. The lowest BCUT2D eigenvalue weighted by molar-refractivity contribution is -0.123. The minimum absolute atomic E-state index is 0.00805. The molecule has 0 aromatic carbocycles. The first-order chi connectivity index (χ1) is 7.93. The molecule has 1 aromatic rings. The number of unbranched alkanes of at least 4 members (excludes halogenated alkanes) is 1. The van der Waals surface area contributed by atoms with Crippen LogP contribution in [0, 0.1) is 5.41 Å². The van der Waals surface area contributed by atoms with Gasteiger partial charge in [0, 0.05) is 11.6 Å². The highest BCUT2D eigenvalue weighted by Gasteiger charge is 2.21. The van der Waals surface area contributed by atoms with E-state index in [-0.39, 0.29) is 11.3 Å². The van der Waals surface area contributed by atoms with Gasteiger partial charge < -0.3 is 5.32 Å². The van der Waals surface area contributed by atoms with Gasteiger partial charge in [-0.2, -0.15) is 0 Å². The van der Waals surface area contributed by atoms with Crippen LogP contribution in [0.25, 0.3) is 0 Å². The van der Waals surface area contributed by atoms with Crippen molar-refractivity contribution >= 4 is 11.7 Å². The summed E-state index contributed by atoms with van der Waals surface area (Å²) in [6, 6.07) is 3.90. The molecule has 0 aliphatic heterocycles. The highest BCUT2D eigenvalue weighted by Crippen LogP contribution is 2.16.